The summed E-state index contributed by atoms with van der Waals surface area (Å²) in [5.74, 6) is 1.32. The van der Waals surface area contributed by atoms with Crippen LogP contribution >= 0.6 is 0 Å². The SMILES string of the molecule is COCCn1nnnc1[C@@H](CC(C)C)[NH+]1CCN(c2ccccc2F)CC1. The van der Waals surface area contributed by atoms with E-state index >= 15 is 0 Å². The lowest BCUT2D eigenvalue weighted by Gasteiger charge is -2.37. The van der Waals surface area contributed by atoms with Crippen LogP contribution < -0.4 is 9.80 Å². The summed E-state index contributed by atoms with van der Waals surface area (Å²) in [7, 11) is 1.68. The predicted octanol–water partition coefficient (Wildman–Crippen LogP) is 0.951. The fraction of sp³-hybridized carbons (Fsp3) is 0.632. The molecule has 0 unspecified atom stereocenters. The average Bonchev–Trinajstić information content (AvgIpc) is 3.13. The summed E-state index contributed by atoms with van der Waals surface area (Å²) in [4.78, 5) is 3.60. The number of benzene rings is 1. The first-order valence-electron chi connectivity index (χ1n) is 9.69. The fourth-order valence-electron chi connectivity index (χ4n) is 3.82. The molecule has 1 aliphatic heterocycles. The smallest absolute Gasteiger partial charge is 0.209 e. The molecule has 1 fully saturated rings. The molecule has 3 rings (SSSR count). The molecular formula is C19H30FN6O+. The molecule has 1 aromatic heterocycles. The summed E-state index contributed by atoms with van der Waals surface area (Å²) in [6.07, 6.45) is 1.02. The van der Waals surface area contributed by atoms with Crippen molar-refractivity contribution in [1.82, 2.24) is 20.2 Å². The Labute approximate surface area is 160 Å². The highest BCUT2D eigenvalue weighted by atomic mass is 19.1. The summed E-state index contributed by atoms with van der Waals surface area (Å²) in [6, 6.07) is 7.25. The number of anilines is 1. The molecule has 0 aliphatic carbocycles. The standard InChI is InChI=1S/C19H29FN6O/c1-15(2)14-18(19-21-22-23-26(19)12-13-27-3)25-10-8-24(9-11-25)17-7-5-4-6-16(17)20/h4-7,15,18H,8-14H2,1-3H3/p+1/t18-/m1/s1. The highest BCUT2D eigenvalue weighted by Crippen LogP contribution is 2.20. The van der Waals surface area contributed by atoms with Gasteiger partial charge in [-0.2, -0.15) is 0 Å². The minimum absolute atomic E-state index is 0.150. The van der Waals surface area contributed by atoms with Crippen molar-refractivity contribution in [3.8, 4) is 0 Å². The van der Waals surface area contributed by atoms with Crippen molar-refractivity contribution in [2.45, 2.75) is 32.9 Å². The lowest BCUT2D eigenvalue weighted by Crippen LogP contribution is -3.15. The number of hydrogen-bond acceptors (Lipinski definition) is 5. The first-order chi connectivity index (χ1) is 13.1. The second-order valence-corrected chi connectivity index (χ2v) is 7.53. The van der Waals surface area contributed by atoms with Crippen LogP contribution in [0.15, 0.2) is 24.3 Å². The molecule has 1 aromatic carbocycles. The minimum atomic E-state index is -0.150. The number of piperazine rings is 1. The molecule has 148 valence electrons. The number of hydrogen-bond donors (Lipinski definition) is 1. The van der Waals surface area contributed by atoms with E-state index in [4.69, 9.17) is 4.74 Å². The van der Waals surface area contributed by atoms with Gasteiger partial charge in [0.15, 0.2) is 0 Å². The maximum absolute atomic E-state index is 14.1. The summed E-state index contributed by atoms with van der Waals surface area (Å²) >= 11 is 0. The van der Waals surface area contributed by atoms with Gasteiger partial charge in [-0.3, -0.25) is 0 Å². The molecule has 7 nitrogen and oxygen atoms in total. The third-order valence-corrected chi connectivity index (χ3v) is 5.18. The van der Waals surface area contributed by atoms with Crippen molar-refractivity contribution in [2.75, 3.05) is 44.8 Å². The first kappa shape index (κ1) is 19.7. The second-order valence-electron chi connectivity index (χ2n) is 7.53. The number of rotatable bonds is 8. The first-order valence-corrected chi connectivity index (χ1v) is 9.69. The molecule has 27 heavy (non-hydrogen) atoms. The Hall–Kier alpha value is -2.06. The van der Waals surface area contributed by atoms with Gasteiger partial charge in [-0.15, -0.1) is 5.10 Å². The maximum atomic E-state index is 14.1. The summed E-state index contributed by atoms with van der Waals surface area (Å²) in [5.41, 5.74) is 0.696. The molecule has 0 spiro atoms. The van der Waals surface area contributed by atoms with E-state index in [-0.39, 0.29) is 11.9 Å². The van der Waals surface area contributed by atoms with Crippen LogP contribution in [0.2, 0.25) is 0 Å². The normalized spacial score (nSPS) is 16.9. The van der Waals surface area contributed by atoms with Crippen LogP contribution in [0.3, 0.4) is 0 Å². The lowest BCUT2D eigenvalue weighted by atomic mass is 10.0. The van der Waals surface area contributed by atoms with E-state index in [9.17, 15) is 4.39 Å². The number of tetrazole rings is 1. The Balaban J connectivity index is 1.72. The Kier molecular flexibility index (Phi) is 6.73. The van der Waals surface area contributed by atoms with Crippen LogP contribution in [0.25, 0.3) is 0 Å². The van der Waals surface area contributed by atoms with E-state index in [1.807, 2.05) is 16.8 Å². The Bertz CT molecular complexity index is 714. The number of nitrogens with zero attached hydrogens (tertiary/aromatic N) is 5. The quantitative estimate of drug-likeness (QED) is 0.742. The number of nitrogens with one attached hydrogen (secondary N) is 1. The van der Waals surface area contributed by atoms with Gasteiger partial charge in [0.25, 0.3) is 0 Å². The zero-order valence-electron chi connectivity index (χ0n) is 16.4. The predicted molar refractivity (Wildman–Crippen MR) is 101 cm³/mol. The van der Waals surface area contributed by atoms with Crippen LogP contribution in [-0.4, -0.2) is 60.1 Å². The van der Waals surface area contributed by atoms with E-state index in [0.717, 1.165) is 38.4 Å². The Morgan fingerprint density at radius 2 is 1.96 bits per heavy atom. The van der Waals surface area contributed by atoms with Crippen molar-refractivity contribution < 1.29 is 14.0 Å². The molecule has 1 atom stereocenters. The summed E-state index contributed by atoms with van der Waals surface area (Å²) in [5, 5.41) is 12.4. The third-order valence-electron chi connectivity index (χ3n) is 5.18. The molecule has 0 amide bonds. The van der Waals surface area contributed by atoms with Gasteiger partial charge in [-0.1, -0.05) is 26.0 Å². The third kappa shape index (κ3) is 4.81. The monoisotopic (exact) mass is 377 g/mol. The van der Waals surface area contributed by atoms with E-state index in [1.54, 1.807) is 13.2 Å². The largest absolute Gasteiger partial charge is 0.383 e. The molecular weight excluding hydrogens is 347 g/mol. The van der Waals surface area contributed by atoms with Crippen LogP contribution in [-0.2, 0) is 11.3 Å². The molecule has 0 saturated carbocycles. The van der Waals surface area contributed by atoms with Gasteiger partial charge < -0.3 is 14.5 Å². The van der Waals surface area contributed by atoms with Crippen molar-refractivity contribution in [3.63, 3.8) is 0 Å². The molecule has 1 aliphatic rings. The number of quaternary nitrogens is 1. The van der Waals surface area contributed by atoms with Gasteiger partial charge in [0.2, 0.25) is 5.82 Å². The van der Waals surface area contributed by atoms with Crippen LogP contribution in [0, 0.1) is 11.7 Å². The van der Waals surface area contributed by atoms with Gasteiger partial charge in [-0.05, 0) is 28.5 Å². The highest BCUT2D eigenvalue weighted by molar-refractivity contribution is 5.47. The maximum Gasteiger partial charge on any atom is 0.209 e. The Morgan fingerprint density at radius 3 is 2.63 bits per heavy atom. The van der Waals surface area contributed by atoms with Gasteiger partial charge in [-0.25, -0.2) is 9.07 Å². The van der Waals surface area contributed by atoms with Crippen molar-refractivity contribution in [1.29, 1.82) is 0 Å². The van der Waals surface area contributed by atoms with Crippen LogP contribution in [0.5, 0.6) is 0 Å². The molecule has 2 aromatic rings. The zero-order chi connectivity index (χ0) is 19.2. The topological polar surface area (TPSA) is 60.5 Å². The van der Waals surface area contributed by atoms with E-state index in [2.05, 4.69) is 34.3 Å². The van der Waals surface area contributed by atoms with Gasteiger partial charge >= 0.3 is 0 Å². The zero-order valence-corrected chi connectivity index (χ0v) is 16.4. The van der Waals surface area contributed by atoms with Crippen LogP contribution in [0.4, 0.5) is 10.1 Å². The molecule has 1 saturated heterocycles. The average molecular weight is 377 g/mol. The van der Waals surface area contributed by atoms with Crippen molar-refractivity contribution in [3.05, 3.63) is 35.9 Å². The number of para-hydroxylation sites is 1. The molecule has 0 radical (unpaired) electrons. The molecule has 8 heteroatoms. The van der Waals surface area contributed by atoms with Gasteiger partial charge in [0, 0.05) is 13.5 Å². The van der Waals surface area contributed by atoms with E-state index < -0.39 is 0 Å². The van der Waals surface area contributed by atoms with Crippen molar-refractivity contribution >= 4 is 5.69 Å². The Morgan fingerprint density at radius 1 is 1.22 bits per heavy atom. The minimum Gasteiger partial charge on any atom is -0.383 e. The van der Waals surface area contributed by atoms with Gasteiger partial charge in [0.1, 0.15) is 11.9 Å². The second kappa shape index (κ2) is 9.23. The summed E-state index contributed by atoms with van der Waals surface area (Å²) in [6.45, 7) is 9.21. The van der Waals surface area contributed by atoms with Gasteiger partial charge in [0.05, 0.1) is 45.0 Å². The number of methoxy groups -OCH3 is 1. The van der Waals surface area contributed by atoms with Crippen LogP contribution in [0.1, 0.15) is 32.1 Å². The molecule has 1 N–H and O–H groups in total. The fourth-order valence-corrected chi connectivity index (χ4v) is 3.82. The van der Waals surface area contributed by atoms with E-state index in [1.165, 1.54) is 11.0 Å². The number of ether oxygens (including phenoxy) is 1. The number of aromatic nitrogens is 4. The lowest BCUT2D eigenvalue weighted by molar-refractivity contribution is -0.934. The van der Waals surface area contributed by atoms with E-state index in [0.29, 0.717) is 24.8 Å². The number of halogens is 1. The highest BCUT2D eigenvalue weighted by Gasteiger charge is 2.33. The molecule has 2 heterocycles. The molecule has 0 bridgehead atoms. The summed E-state index contributed by atoms with van der Waals surface area (Å²) < 4.78 is 21.2. The van der Waals surface area contributed by atoms with Crippen molar-refractivity contribution in [2.24, 2.45) is 5.92 Å².